The number of ether oxygens (including phenoxy) is 3. The van der Waals surface area contributed by atoms with Crippen molar-refractivity contribution in [2.24, 2.45) is 5.41 Å². The predicted molar refractivity (Wildman–Crippen MR) is 79.9 cm³/mol. The summed E-state index contributed by atoms with van der Waals surface area (Å²) in [6.07, 6.45) is 0.696. The fourth-order valence-corrected chi connectivity index (χ4v) is 1.47. The Morgan fingerprint density at radius 3 is 2.50 bits per heavy atom. The smallest absolute Gasteiger partial charge is 0.339 e. The van der Waals surface area contributed by atoms with E-state index < -0.39 is 11.4 Å². The SMILES string of the molecule is CCC(C)(C)C(=O)OCCOCOc1ccccc1C(=O)O. The highest BCUT2D eigenvalue weighted by molar-refractivity contribution is 5.90. The van der Waals surface area contributed by atoms with E-state index >= 15 is 0 Å². The lowest BCUT2D eigenvalue weighted by Gasteiger charge is -2.20. The minimum atomic E-state index is -1.06. The number of carbonyl (C=O) groups excluding carboxylic acids is 1. The van der Waals surface area contributed by atoms with Crippen LogP contribution in [0.3, 0.4) is 0 Å². The molecule has 0 fully saturated rings. The van der Waals surface area contributed by atoms with Crippen LogP contribution in [0.2, 0.25) is 0 Å². The number of aromatic carboxylic acids is 1. The zero-order chi connectivity index (χ0) is 16.6. The van der Waals surface area contributed by atoms with Crippen molar-refractivity contribution in [2.45, 2.75) is 27.2 Å². The number of benzene rings is 1. The summed E-state index contributed by atoms with van der Waals surface area (Å²) in [7, 11) is 0. The molecule has 122 valence electrons. The molecule has 0 spiro atoms. The molecule has 0 aromatic heterocycles. The molecular weight excluding hydrogens is 288 g/mol. The summed E-state index contributed by atoms with van der Waals surface area (Å²) < 4.78 is 15.5. The van der Waals surface area contributed by atoms with Crippen LogP contribution in [0.15, 0.2) is 24.3 Å². The maximum absolute atomic E-state index is 11.7. The molecule has 1 rings (SSSR count). The molecule has 0 heterocycles. The number of hydrogen-bond acceptors (Lipinski definition) is 5. The predicted octanol–water partition coefficient (Wildman–Crippen LogP) is 2.72. The largest absolute Gasteiger partial charge is 0.478 e. The third-order valence-corrected chi connectivity index (χ3v) is 3.31. The normalized spacial score (nSPS) is 11.0. The van der Waals surface area contributed by atoms with Crippen LogP contribution in [0.25, 0.3) is 0 Å². The first-order chi connectivity index (χ1) is 10.4. The van der Waals surface area contributed by atoms with Crippen molar-refractivity contribution < 1.29 is 28.9 Å². The molecule has 1 aromatic rings. The fourth-order valence-electron chi connectivity index (χ4n) is 1.47. The first-order valence-corrected chi connectivity index (χ1v) is 7.08. The molecule has 0 aliphatic heterocycles. The van der Waals surface area contributed by atoms with Crippen molar-refractivity contribution >= 4 is 11.9 Å². The molecule has 0 atom stereocenters. The topological polar surface area (TPSA) is 82.1 Å². The molecule has 0 saturated heterocycles. The molecule has 1 N–H and O–H groups in total. The lowest BCUT2D eigenvalue weighted by molar-refractivity contribution is -0.156. The second kappa shape index (κ2) is 8.38. The molecule has 0 amide bonds. The number of carboxylic acids is 1. The minimum absolute atomic E-state index is 0.0715. The van der Waals surface area contributed by atoms with Gasteiger partial charge in [0.05, 0.1) is 12.0 Å². The summed E-state index contributed by atoms with van der Waals surface area (Å²) in [5.41, 5.74) is -0.432. The van der Waals surface area contributed by atoms with E-state index in [1.54, 1.807) is 18.2 Å². The molecule has 0 radical (unpaired) electrons. The van der Waals surface area contributed by atoms with Gasteiger partial charge in [-0.2, -0.15) is 0 Å². The van der Waals surface area contributed by atoms with Gasteiger partial charge in [-0.15, -0.1) is 0 Å². The Morgan fingerprint density at radius 1 is 1.18 bits per heavy atom. The van der Waals surface area contributed by atoms with Crippen molar-refractivity contribution in [3.8, 4) is 5.75 Å². The van der Waals surface area contributed by atoms with E-state index in [2.05, 4.69) is 0 Å². The number of rotatable bonds is 9. The van der Waals surface area contributed by atoms with E-state index in [4.69, 9.17) is 19.3 Å². The summed E-state index contributed by atoms with van der Waals surface area (Å²) >= 11 is 0. The molecule has 6 nitrogen and oxygen atoms in total. The van der Waals surface area contributed by atoms with Crippen LogP contribution < -0.4 is 4.74 Å². The average Bonchev–Trinajstić information content (AvgIpc) is 2.50. The zero-order valence-electron chi connectivity index (χ0n) is 13.1. The Bertz CT molecular complexity index is 509. The fraction of sp³-hybridized carbons (Fsp3) is 0.500. The van der Waals surface area contributed by atoms with Gasteiger partial charge in [-0.3, -0.25) is 4.79 Å². The first kappa shape index (κ1) is 18.0. The number of para-hydroxylation sites is 1. The molecule has 22 heavy (non-hydrogen) atoms. The number of esters is 1. The van der Waals surface area contributed by atoms with Crippen LogP contribution in [-0.2, 0) is 14.3 Å². The van der Waals surface area contributed by atoms with Crippen LogP contribution in [0.5, 0.6) is 5.75 Å². The van der Waals surface area contributed by atoms with Crippen molar-refractivity contribution in [3.05, 3.63) is 29.8 Å². The third kappa shape index (κ3) is 5.37. The van der Waals surface area contributed by atoms with Gasteiger partial charge in [0.25, 0.3) is 0 Å². The van der Waals surface area contributed by atoms with Gasteiger partial charge in [0.1, 0.15) is 17.9 Å². The Morgan fingerprint density at radius 2 is 1.86 bits per heavy atom. The van der Waals surface area contributed by atoms with Crippen LogP contribution in [0.4, 0.5) is 0 Å². The lowest BCUT2D eigenvalue weighted by atomic mass is 9.91. The van der Waals surface area contributed by atoms with Crippen molar-refractivity contribution in [1.29, 1.82) is 0 Å². The lowest BCUT2D eigenvalue weighted by Crippen LogP contribution is -2.27. The molecule has 0 aliphatic carbocycles. The Kier molecular flexibility index (Phi) is 6.85. The molecule has 0 aliphatic rings. The van der Waals surface area contributed by atoms with E-state index in [-0.39, 0.29) is 37.3 Å². The third-order valence-electron chi connectivity index (χ3n) is 3.31. The van der Waals surface area contributed by atoms with Gasteiger partial charge >= 0.3 is 11.9 Å². The van der Waals surface area contributed by atoms with E-state index in [0.29, 0.717) is 6.42 Å². The summed E-state index contributed by atoms with van der Waals surface area (Å²) in [5.74, 6) is -1.10. The number of carbonyl (C=O) groups is 2. The van der Waals surface area contributed by atoms with Gasteiger partial charge in [-0.25, -0.2) is 4.79 Å². The number of hydrogen-bond donors (Lipinski definition) is 1. The molecule has 6 heteroatoms. The Labute approximate surface area is 130 Å². The summed E-state index contributed by atoms with van der Waals surface area (Å²) in [5, 5.41) is 8.99. The second-order valence-corrected chi connectivity index (χ2v) is 5.35. The van der Waals surface area contributed by atoms with Gasteiger partial charge < -0.3 is 19.3 Å². The maximum atomic E-state index is 11.7. The molecule has 1 aromatic carbocycles. The van der Waals surface area contributed by atoms with Gasteiger partial charge in [0.15, 0.2) is 6.79 Å². The highest BCUT2D eigenvalue weighted by atomic mass is 16.7. The summed E-state index contributed by atoms with van der Waals surface area (Å²) in [6.45, 7) is 5.77. The minimum Gasteiger partial charge on any atom is -0.478 e. The van der Waals surface area contributed by atoms with Crippen LogP contribution in [0.1, 0.15) is 37.6 Å². The van der Waals surface area contributed by atoms with Gasteiger partial charge in [-0.05, 0) is 32.4 Å². The van der Waals surface area contributed by atoms with Crippen LogP contribution in [0, 0.1) is 5.41 Å². The Hall–Kier alpha value is -2.08. The van der Waals surface area contributed by atoms with E-state index in [9.17, 15) is 9.59 Å². The highest BCUT2D eigenvalue weighted by Gasteiger charge is 2.26. The van der Waals surface area contributed by atoms with E-state index in [1.807, 2.05) is 20.8 Å². The van der Waals surface area contributed by atoms with Crippen molar-refractivity contribution in [2.75, 3.05) is 20.0 Å². The van der Waals surface area contributed by atoms with E-state index in [0.717, 1.165) is 0 Å². The molecule has 0 bridgehead atoms. The van der Waals surface area contributed by atoms with E-state index in [1.165, 1.54) is 6.07 Å². The highest BCUT2D eigenvalue weighted by Crippen LogP contribution is 2.21. The van der Waals surface area contributed by atoms with Crippen LogP contribution in [-0.4, -0.2) is 37.1 Å². The Balaban J connectivity index is 2.27. The monoisotopic (exact) mass is 310 g/mol. The quantitative estimate of drug-likeness (QED) is 0.429. The standard InChI is InChI=1S/C16H22O6/c1-4-16(2,3)15(19)21-10-9-20-11-22-13-8-6-5-7-12(13)14(17)18/h5-8H,4,9-11H2,1-3H3,(H,17,18). The average molecular weight is 310 g/mol. The summed E-state index contributed by atoms with van der Waals surface area (Å²) in [4.78, 5) is 22.7. The first-order valence-electron chi connectivity index (χ1n) is 7.08. The van der Waals surface area contributed by atoms with Crippen LogP contribution >= 0.6 is 0 Å². The van der Waals surface area contributed by atoms with Gasteiger partial charge in [-0.1, -0.05) is 19.1 Å². The summed E-state index contributed by atoms with van der Waals surface area (Å²) in [6, 6.07) is 6.30. The molecule has 0 unspecified atom stereocenters. The molecule has 0 saturated carbocycles. The van der Waals surface area contributed by atoms with Gasteiger partial charge in [0.2, 0.25) is 0 Å². The van der Waals surface area contributed by atoms with Gasteiger partial charge in [0, 0.05) is 0 Å². The van der Waals surface area contributed by atoms with Crippen molar-refractivity contribution in [3.63, 3.8) is 0 Å². The second-order valence-electron chi connectivity index (χ2n) is 5.35. The zero-order valence-corrected chi connectivity index (χ0v) is 13.1. The number of carboxylic acid groups (broad SMARTS) is 1. The molecular formula is C16H22O6. The maximum Gasteiger partial charge on any atom is 0.339 e. The van der Waals surface area contributed by atoms with Crippen molar-refractivity contribution in [1.82, 2.24) is 0 Å².